The molecule has 0 spiro atoms. The third-order valence-corrected chi connectivity index (χ3v) is 9.05. The molecule has 1 N–H and O–H groups in total. The summed E-state index contributed by atoms with van der Waals surface area (Å²) >= 11 is 1.77. The zero-order valence-electron chi connectivity index (χ0n) is 24.9. The van der Waals surface area contributed by atoms with Crippen LogP contribution in [0.25, 0.3) is 21.0 Å². The number of hydrogen-bond acceptors (Lipinski definition) is 7. The van der Waals surface area contributed by atoms with E-state index in [4.69, 9.17) is 14.2 Å². The average molecular weight is 720 g/mol. The van der Waals surface area contributed by atoms with Gasteiger partial charge in [0.2, 0.25) is 12.3 Å². The molecule has 43 heavy (non-hydrogen) atoms. The molecule has 3 heterocycles. The fourth-order valence-electron chi connectivity index (χ4n) is 5.67. The second-order valence-corrected chi connectivity index (χ2v) is 12.1. The summed E-state index contributed by atoms with van der Waals surface area (Å²) in [4.78, 5) is 29.4. The van der Waals surface area contributed by atoms with Gasteiger partial charge in [-0.15, -0.1) is 11.3 Å². The number of benzene rings is 2. The van der Waals surface area contributed by atoms with Gasteiger partial charge in [-0.25, -0.2) is 4.79 Å². The van der Waals surface area contributed by atoms with Gasteiger partial charge in [0.15, 0.2) is 0 Å². The number of halogens is 1. The molecule has 1 aliphatic rings. The number of aromatic nitrogens is 1. The maximum absolute atomic E-state index is 12.4. The van der Waals surface area contributed by atoms with Crippen molar-refractivity contribution in [3.63, 3.8) is 0 Å². The van der Waals surface area contributed by atoms with E-state index in [0.717, 1.165) is 92.4 Å². The first-order chi connectivity index (χ1) is 20.5. The maximum atomic E-state index is 12.4. The Hall–Kier alpha value is -2.83. The lowest BCUT2D eigenvalue weighted by Crippen LogP contribution is -3.00. The highest BCUT2D eigenvalue weighted by atomic mass is 127. The third-order valence-electron chi connectivity index (χ3n) is 8.17. The second kappa shape index (κ2) is 16.3. The molecule has 0 atom stereocenters. The lowest BCUT2D eigenvalue weighted by atomic mass is 10.1. The molecule has 232 valence electrons. The Bertz CT molecular complexity index is 1520. The predicted octanol–water partition coefficient (Wildman–Crippen LogP) is 3.93. The smallest absolute Gasteiger partial charge is 0.512 e. The molecule has 0 amide bonds. The van der Waals surface area contributed by atoms with E-state index in [1.54, 1.807) is 11.3 Å². The van der Waals surface area contributed by atoms with Gasteiger partial charge in [0, 0.05) is 27.9 Å². The van der Waals surface area contributed by atoms with Crippen molar-refractivity contribution in [2.75, 3.05) is 57.6 Å². The van der Waals surface area contributed by atoms with E-state index in [0.29, 0.717) is 19.9 Å². The number of hydrogen-bond donors (Lipinski definition) is 1. The summed E-state index contributed by atoms with van der Waals surface area (Å²) in [6, 6.07) is 17.8. The van der Waals surface area contributed by atoms with E-state index in [1.165, 1.54) is 21.8 Å². The molecule has 1 saturated heterocycles. The lowest BCUT2D eigenvalue weighted by Gasteiger charge is -2.44. The van der Waals surface area contributed by atoms with E-state index in [-0.39, 0.29) is 29.5 Å². The summed E-state index contributed by atoms with van der Waals surface area (Å²) in [5.41, 5.74) is 1.93. The van der Waals surface area contributed by atoms with Crippen LogP contribution in [0.3, 0.4) is 0 Å². The Balaban J connectivity index is 0.00000423. The number of thiophene rings is 1. The molecule has 0 unspecified atom stereocenters. The minimum absolute atomic E-state index is 0. The molecule has 0 saturated carbocycles. The molecule has 10 heteroatoms. The predicted molar refractivity (Wildman–Crippen MR) is 170 cm³/mol. The van der Waals surface area contributed by atoms with Crippen molar-refractivity contribution in [1.29, 1.82) is 0 Å². The highest BCUT2D eigenvalue weighted by Gasteiger charge is 2.34. The summed E-state index contributed by atoms with van der Waals surface area (Å²) in [6.07, 6.45) is 5.50. The molecule has 0 radical (unpaired) electrons. The van der Waals surface area contributed by atoms with Crippen molar-refractivity contribution in [3.05, 3.63) is 70.3 Å². The standard InChI is InChI=1S/C33H41N3O5S.HI/c1-2-3-4-6-22-40-33(38)41-25-36(19-16-35(17-20-36)30-9-8-10-31-28(30)15-23-42-31)18-5-7-21-39-27-13-11-26-12-14-32(37)34-29(26)24-27;/h8-15,23-24H,2-7,16-22,25H2,1H3;1H. The molecular weight excluding hydrogens is 677 g/mol. The molecule has 8 nitrogen and oxygen atoms in total. The lowest BCUT2D eigenvalue weighted by molar-refractivity contribution is -0.944. The van der Waals surface area contributed by atoms with Gasteiger partial charge in [0.05, 0.1) is 51.5 Å². The summed E-state index contributed by atoms with van der Waals surface area (Å²) in [5, 5.41) is 4.43. The summed E-state index contributed by atoms with van der Waals surface area (Å²) in [7, 11) is 0. The topological polar surface area (TPSA) is 80.9 Å². The van der Waals surface area contributed by atoms with Crippen LogP contribution in [-0.4, -0.2) is 68.3 Å². The van der Waals surface area contributed by atoms with Gasteiger partial charge in [-0.05, 0) is 66.4 Å². The zero-order valence-corrected chi connectivity index (χ0v) is 27.9. The van der Waals surface area contributed by atoms with Gasteiger partial charge in [0.25, 0.3) is 0 Å². The Labute approximate surface area is 274 Å². The number of rotatable bonds is 14. The fourth-order valence-corrected chi connectivity index (χ4v) is 6.48. The molecular formula is C33H42IN3O5S. The van der Waals surface area contributed by atoms with Crippen LogP contribution in [0.5, 0.6) is 5.75 Å². The number of nitrogens with zero attached hydrogens (tertiary/aromatic N) is 2. The number of pyridine rings is 1. The fraction of sp³-hybridized carbons (Fsp3) is 0.455. The van der Waals surface area contributed by atoms with E-state index < -0.39 is 6.16 Å². The Morgan fingerprint density at radius 2 is 1.77 bits per heavy atom. The van der Waals surface area contributed by atoms with Crippen molar-refractivity contribution in [3.8, 4) is 5.75 Å². The van der Waals surface area contributed by atoms with E-state index in [9.17, 15) is 9.59 Å². The Morgan fingerprint density at radius 3 is 2.60 bits per heavy atom. The number of quaternary nitrogens is 1. The van der Waals surface area contributed by atoms with Crippen LogP contribution in [0, 0.1) is 0 Å². The quantitative estimate of drug-likeness (QED) is 0.0922. The maximum Gasteiger partial charge on any atom is 0.512 e. The monoisotopic (exact) mass is 719 g/mol. The summed E-state index contributed by atoms with van der Waals surface area (Å²) in [6.45, 7) is 7.96. The summed E-state index contributed by atoms with van der Waals surface area (Å²) < 4.78 is 19.1. The van der Waals surface area contributed by atoms with Crippen LogP contribution in [0.15, 0.2) is 64.8 Å². The highest BCUT2D eigenvalue weighted by molar-refractivity contribution is 7.17. The highest BCUT2D eigenvalue weighted by Crippen LogP contribution is 2.32. The summed E-state index contributed by atoms with van der Waals surface area (Å²) in [5.74, 6) is 0.745. The first kappa shape index (κ1) is 33.1. The van der Waals surface area contributed by atoms with E-state index in [2.05, 4.69) is 46.5 Å². The molecule has 0 bridgehead atoms. The van der Waals surface area contributed by atoms with Crippen molar-refractivity contribution < 1.29 is 47.5 Å². The van der Waals surface area contributed by atoms with Crippen molar-refractivity contribution in [2.24, 2.45) is 0 Å². The first-order valence-corrected chi connectivity index (χ1v) is 16.0. The zero-order chi connectivity index (χ0) is 29.2. The van der Waals surface area contributed by atoms with Crippen LogP contribution >= 0.6 is 11.3 Å². The number of ether oxygens (including phenoxy) is 3. The van der Waals surface area contributed by atoms with Crippen LogP contribution in [0.1, 0.15) is 45.4 Å². The molecule has 2 aromatic heterocycles. The van der Waals surface area contributed by atoms with Gasteiger partial charge in [-0.2, -0.15) is 0 Å². The van der Waals surface area contributed by atoms with Crippen molar-refractivity contribution >= 4 is 44.2 Å². The van der Waals surface area contributed by atoms with Gasteiger partial charge >= 0.3 is 6.16 Å². The second-order valence-electron chi connectivity index (χ2n) is 11.2. The van der Waals surface area contributed by atoms with Gasteiger partial charge in [-0.3, -0.25) is 9.28 Å². The molecule has 4 aromatic rings. The molecule has 2 aromatic carbocycles. The number of anilines is 1. The van der Waals surface area contributed by atoms with Crippen LogP contribution < -0.4 is 39.2 Å². The molecule has 0 aliphatic carbocycles. The number of fused-ring (bicyclic) bond motifs is 2. The largest absolute Gasteiger partial charge is 1.00 e. The number of aromatic amines is 1. The van der Waals surface area contributed by atoms with Crippen LogP contribution in [0.4, 0.5) is 10.5 Å². The SMILES string of the molecule is CCCCCCOC(=O)OC[N+]1(CCCCOc2ccc3ccc(=O)[nH]c3c2)CCN(c2cccc3sccc23)CC1.[I-]. The minimum atomic E-state index is -0.563. The van der Waals surface area contributed by atoms with E-state index in [1.807, 2.05) is 24.3 Å². The van der Waals surface area contributed by atoms with E-state index >= 15 is 0 Å². The number of carbonyl (C=O) groups excluding carboxylic acids is 1. The number of carbonyl (C=O) groups is 1. The molecule has 1 aliphatic heterocycles. The van der Waals surface area contributed by atoms with Crippen molar-refractivity contribution in [1.82, 2.24) is 4.98 Å². The third kappa shape index (κ3) is 9.09. The minimum Gasteiger partial charge on any atom is -1.00 e. The average Bonchev–Trinajstić information content (AvgIpc) is 3.49. The number of unbranched alkanes of at least 4 members (excludes halogenated alkanes) is 4. The Morgan fingerprint density at radius 1 is 0.953 bits per heavy atom. The number of piperazine rings is 1. The first-order valence-electron chi connectivity index (χ1n) is 15.2. The molecule has 1 fully saturated rings. The van der Waals surface area contributed by atoms with Gasteiger partial charge < -0.3 is 48.1 Å². The van der Waals surface area contributed by atoms with Gasteiger partial charge in [0.1, 0.15) is 5.75 Å². The number of nitrogens with one attached hydrogen (secondary N) is 1. The van der Waals surface area contributed by atoms with Gasteiger partial charge in [-0.1, -0.05) is 32.3 Å². The van der Waals surface area contributed by atoms with Crippen LogP contribution in [0.2, 0.25) is 0 Å². The normalized spacial score (nSPS) is 14.4. The van der Waals surface area contributed by atoms with Crippen molar-refractivity contribution in [2.45, 2.75) is 45.4 Å². The number of H-pyrrole nitrogens is 1. The molecule has 5 rings (SSSR count). The van der Waals surface area contributed by atoms with Crippen LogP contribution in [-0.2, 0) is 9.47 Å². The Kier molecular flexibility index (Phi) is 12.5.